The lowest BCUT2D eigenvalue weighted by molar-refractivity contribution is 1.08. The second-order valence-corrected chi connectivity index (χ2v) is 4.08. The number of hydrogen-bond acceptors (Lipinski definition) is 4. The molecular weight excluding hydrogens is 268 g/mol. The summed E-state index contributed by atoms with van der Waals surface area (Å²) in [5.41, 5.74) is 6.87. The van der Waals surface area contributed by atoms with E-state index >= 15 is 0 Å². The zero-order chi connectivity index (χ0) is 11.4. The third kappa shape index (κ3) is 2.70. The molecule has 5 heteroatoms. The first kappa shape index (κ1) is 10.9. The smallest absolute Gasteiger partial charge is 0.170 e. The molecule has 0 radical (unpaired) electrons. The molecule has 3 N–H and O–H groups in total. The monoisotopic (exact) mass is 278 g/mol. The maximum absolute atomic E-state index is 5.70. The predicted octanol–water partition coefficient (Wildman–Crippen LogP) is 2.43. The molecule has 0 amide bonds. The van der Waals surface area contributed by atoms with Gasteiger partial charge in [-0.15, -0.1) is 0 Å². The van der Waals surface area contributed by atoms with Crippen molar-refractivity contribution in [2.45, 2.75) is 6.54 Å². The van der Waals surface area contributed by atoms with E-state index in [1.807, 2.05) is 30.3 Å². The zero-order valence-corrected chi connectivity index (χ0v) is 10.1. The molecule has 0 saturated carbocycles. The number of nitrogens with zero attached hydrogens (tertiary/aromatic N) is 2. The van der Waals surface area contributed by atoms with Crippen LogP contribution >= 0.6 is 15.9 Å². The van der Waals surface area contributed by atoms with E-state index in [0.29, 0.717) is 22.8 Å². The molecule has 82 valence electrons. The Labute approximate surface area is 102 Å². The summed E-state index contributed by atoms with van der Waals surface area (Å²) in [6.45, 7) is 0.677. The second-order valence-electron chi connectivity index (χ2n) is 3.27. The first-order chi connectivity index (χ1) is 7.75. The van der Waals surface area contributed by atoms with Crippen molar-refractivity contribution in [3.63, 3.8) is 0 Å². The Hall–Kier alpha value is -1.62. The van der Waals surface area contributed by atoms with Crippen LogP contribution in [-0.2, 0) is 6.54 Å². The molecule has 0 aliphatic heterocycles. The van der Waals surface area contributed by atoms with Crippen molar-refractivity contribution in [1.29, 1.82) is 0 Å². The van der Waals surface area contributed by atoms with Crippen molar-refractivity contribution in [1.82, 2.24) is 9.97 Å². The topological polar surface area (TPSA) is 63.8 Å². The fourth-order valence-corrected chi connectivity index (χ4v) is 1.57. The Morgan fingerprint density at radius 2 is 2.00 bits per heavy atom. The standard InChI is InChI=1S/C11H11BrN4/c12-9-7-14-10(13)11(16-9)15-6-8-4-2-1-3-5-8/h1-5,7H,6H2,(H2,13,14)(H,15,16). The van der Waals surface area contributed by atoms with Gasteiger partial charge in [-0.2, -0.15) is 0 Å². The molecule has 0 aliphatic rings. The van der Waals surface area contributed by atoms with Gasteiger partial charge in [-0.1, -0.05) is 30.3 Å². The van der Waals surface area contributed by atoms with Gasteiger partial charge in [0.1, 0.15) is 4.60 Å². The normalized spacial score (nSPS) is 10.1. The van der Waals surface area contributed by atoms with Crippen LogP contribution in [0.15, 0.2) is 41.1 Å². The largest absolute Gasteiger partial charge is 0.381 e. The van der Waals surface area contributed by atoms with Crippen LogP contribution in [0.3, 0.4) is 0 Å². The quantitative estimate of drug-likeness (QED) is 0.905. The van der Waals surface area contributed by atoms with Gasteiger partial charge in [0.05, 0.1) is 6.20 Å². The van der Waals surface area contributed by atoms with Gasteiger partial charge in [0.25, 0.3) is 0 Å². The number of hydrogen-bond donors (Lipinski definition) is 2. The van der Waals surface area contributed by atoms with E-state index in [4.69, 9.17) is 5.73 Å². The highest BCUT2D eigenvalue weighted by molar-refractivity contribution is 9.10. The van der Waals surface area contributed by atoms with Crippen molar-refractivity contribution < 1.29 is 0 Å². The maximum atomic E-state index is 5.70. The van der Waals surface area contributed by atoms with E-state index in [1.54, 1.807) is 6.20 Å². The lowest BCUT2D eigenvalue weighted by Gasteiger charge is -2.07. The third-order valence-corrected chi connectivity index (χ3v) is 2.46. The Bertz CT molecular complexity index is 473. The van der Waals surface area contributed by atoms with Crippen LogP contribution in [0.4, 0.5) is 11.6 Å². The Balaban J connectivity index is 2.08. The molecule has 2 rings (SSSR count). The van der Waals surface area contributed by atoms with Gasteiger partial charge in [-0.25, -0.2) is 9.97 Å². The van der Waals surface area contributed by atoms with Crippen LogP contribution in [0.1, 0.15) is 5.56 Å². The summed E-state index contributed by atoms with van der Waals surface area (Å²) in [5, 5.41) is 3.14. The minimum Gasteiger partial charge on any atom is -0.381 e. The molecule has 0 spiro atoms. The number of nitrogen functional groups attached to an aromatic ring is 1. The molecule has 2 aromatic rings. The number of nitrogens with two attached hydrogens (primary N) is 1. The Morgan fingerprint density at radius 3 is 2.75 bits per heavy atom. The molecule has 1 aromatic heterocycles. The van der Waals surface area contributed by atoms with Crippen molar-refractivity contribution in [2.24, 2.45) is 0 Å². The average Bonchev–Trinajstić information content (AvgIpc) is 2.32. The van der Waals surface area contributed by atoms with Crippen molar-refractivity contribution in [3.05, 3.63) is 46.7 Å². The van der Waals surface area contributed by atoms with E-state index in [1.165, 1.54) is 5.56 Å². The number of benzene rings is 1. The van der Waals surface area contributed by atoms with Crippen molar-refractivity contribution >= 4 is 27.6 Å². The molecular formula is C11H11BrN4. The van der Waals surface area contributed by atoms with Gasteiger partial charge in [-0.05, 0) is 21.5 Å². The molecule has 0 bridgehead atoms. The van der Waals surface area contributed by atoms with Crippen LogP contribution < -0.4 is 11.1 Å². The van der Waals surface area contributed by atoms with Gasteiger partial charge >= 0.3 is 0 Å². The molecule has 1 heterocycles. The fourth-order valence-electron chi connectivity index (χ4n) is 1.29. The highest BCUT2D eigenvalue weighted by Gasteiger charge is 2.02. The summed E-state index contributed by atoms with van der Waals surface area (Å²) in [6, 6.07) is 10.0. The molecule has 1 aromatic carbocycles. The number of halogens is 1. The lowest BCUT2D eigenvalue weighted by atomic mass is 10.2. The highest BCUT2D eigenvalue weighted by Crippen LogP contribution is 2.16. The van der Waals surface area contributed by atoms with Gasteiger partial charge < -0.3 is 11.1 Å². The number of anilines is 2. The SMILES string of the molecule is Nc1ncc(Br)nc1NCc1ccccc1. The summed E-state index contributed by atoms with van der Waals surface area (Å²) >= 11 is 3.25. The molecule has 4 nitrogen and oxygen atoms in total. The summed E-state index contributed by atoms with van der Waals surface area (Å²) in [5.74, 6) is 0.998. The average molecular weight is 279 g/mol. The number of nitrogens with one attached hydrogen (secondary N) is 1. The van der Waals surface area contributed by atoms with Crippen LogP contribution in [0.25, 0.3) is 0 Å². The molecule has 0 saturated heterocycles. The van der Waals surface area contributed by atoms with E-state index in [-0.39, 0.29) is 0 Å². The summed E-state index contributed by atoms with van der Waals surface area (Å²) in [6.07, 6.45) is 1.57. The third-order valence-electron chi connectivity index (χ3n) is 2.07. The fraction of sp³-hybridized carbons (Fsp3) is 0.0909. The van der Waals surface area contributed by atoms with Gasteiger partial charge in [-0.3, -0.25) is 0 Å². The van der Waals surface area contributed by atoms with E-state index < -0.39 is 0 Å². The highest BCUT2D eigenvalue weighted by atomic mass is 79.9. The minimum atomic E-state index is 0.402. The zero-order valence-electron chi connectivity index (χ0n) is 8.52. The first-order valence-corrected chi connectivity index (χ1v) is 5.61. The van der Waals surface area contributed by atoms with Gasteiger partial charge in [0, 0.05) is 6.54 Å². The second kappa shape index (κ2) is 4.94. The van der Waals surface area contributed by atoms with Crippen molar-refractivity contribution in [3.8, 4) is 0 Å². The summed E-state index contributed by atoms with van der Waals surface area (Å²) in [4.78, 5) is 8.20. The van der Waals surface area contributed by atoms with Gasteiger partial charge in [0.2, 0.25) is 0 Å². The van der Waals surface area contributed by atoms with E-state index in [9.17, 15) is 0 Å². The van der Waals surface area contributed by atoms with E-state index in [2.05, 4.69) is 31.2 Å². The van der Waals surface area contributed by atoms with Crippen LogP contribution in [-0.4, -0.2) is 9.97 Å². The molecule has 16 heavy (non-hydrogen) atoms. The Morgan fingerprint density at radius 1 is 1.25 bits per heavy atom. The van der Waals surface area contributed by atoms with Crippen LogP contribution in [0.2, 0.25) is 0 Å². The van der Waals surface area contributed by atoms with Crippen LogP contribution in [0.5, 0.6) is 0 Å². The van der Waals surface area contributed by atoms with Gasteiger partial charge in [0.15, 0.2) is 11.6 Å². The Kier molecular flexibility index (Phi) is 3.36. The summed E-state index contributed by atoms with van der Waals surface area (Å²) in [7, 11) is 0. The molecule has 0 atom stereocenters. The minimum absolute atomic E-state index is 0.402. The van der Waals surface area contributed by atoms with Crippen LogP contribution in [0, 0.1) is 0 Å². The molecule has 0 unspecified atom stereocenters. The van der Waals surface area contributed by atoms with E-state index in [0.717, 1.165) is 0 Å². The number of aromatic nitrogens is 2. The predicted molar refractivity (Wildman–Crippen MR) is 67.9 cm³/mol. The first-order valence-electron chi connectivity index (χ1n) is 4.81. The van der Waals surface area contributed by atoms with Crippen molar-refractivity contribution in [2.75, 3.05) is 11.1 Å². The maximum Gasteiger partial charge on any atom is 0.170 e. The summed E-state index contributed by atoms with van der Waals surface area (Å²) < 4.78 is 0.664. The molecule has 0 aliphatic carbocycles. The molecule has 0 fully saturated rings. The number of rotatable bonds is 3. The lowest BCUT2D eigenvalue weighted by Crippen LogP contribution is -2.06.